The second kappa shape index (κ2) is 7.08. The summed E-state index contributed by atoms with van der Waals surface area (Å²) in [6.07, 6.45) is 0.549. The second-order valence-corrected chi connectivity index (χ2v) is 7.33. The van der Waals surface area contributed by atoms with E-state index in [2.05, 4.69) is 5.32 Å². The monoisotopic (exact) mass is 390 g/mol. The van der Waals surface area contributed by atoms with Crippen LogP contribution in [0.15, 0.2) is 36.4 Å². The summed E-state index contributed by atoms with van der Waals surface area (Å²) in [6.45, 7) is 3.86. The van der Waals surface area contributed by atoms with Gasteiger partial charge in [-0.1, -0.05) is 11.6 Å². The number of carbonyl (C=O) groups is 1. The molecule has 27 heavy (non-hydrogen) atoms. The van der Waals surface area contributed by atoms with Crippen molar-refractivity contribution in [3.63, 3.8) is 0 Å². The van der Waals surface area contributed by atoms with Gasteiger partial charge < -0.3 is 14.8 Å². The molecule has 0 saturated carbocycles. The van der Waals surface area contributed by atoms with Gasteiger partial charge in [0.2, 0.25) is 0 Å². The van der Waals surface area contributed by atoms with Crippen molar-refractivity contribution in [1.82, 2.24) is 5.32 Å². The number of ether oxygens (including phenoxy) is 2. The molecule has 1 amide bonds. The number of methoxy groups -OCH3 is 1. The predicted molar refractivity (Wildman–Crippen MR) is 101 cm³/mol. The van der Waals surface area contributed by atoms with Gasteiger partial charge in [0.15, 0.2) is 0 Å². The van der Waals surface area contributed by atoms with E-state index in [-0.39, 0.29) is 22.3 Å². The van der Waals surface area contributed by atoms with Crippen LogP contribution in [0.3, 0.4) is 0 Å². The van der Waals surface area contributed by atoms with E-state index in [0.29, 0.717) is 17.9 Å². The summed E-state index contributed by atoms with van der Waals surface area (Å²) in [5.41, 5.74) is 0.197. The molecule has 0 saturated heterocycles. The maximum absolute atomic E-state index is 12.7. The molecular formula is C19H19ClN2O5. The number of hydrogen-bond donors (Lipinski definition) is 1. The fourth-order valence-corrected chi connectivity index (χ4v) is 3.31. The lowest BCUT2D eigenvalue weighted by Gasteiger charge is -2.38. The third-order valence-electron chi connectivity index (χ3n) is 4.39. The molecule has 0 fully saturated rings. The van der Waals surface area contributed by atoms with Gasteiger partial charge in [-0.05, 0) is 38.1 Å². The highest BCUT2D eigenvalue weighted by Gasteiger charge is 2.35. The Morgan fingerprint density at radius 2 is 2.07 bits per heavy atom. The Kier molecular flexibility index (Phi) is 4.97. The van der Waals surface area contributed by atoms with E-state index in [4.69, 9.17) is 21.1 Å². The van der Waals surface area contributed by atoms with Crippen molar-refractivity contribution in [2.75, 3.05) is 7.11 Å². The zero-order valence-electron chi connectivity index (χ0n) is 15.1. The highest BCUT2D eigenvalue weighted by molar-refractivity contribution is 6.32. The smallest absolute Gasteiger partial charge is 0.288 e. The summed E-state index contributed by atoms with van der Waals surface area (Å²) >= 11 is 5.82. The quantitative estimate of drug-likeness (QED) is 0.621. The van der Waals surface area contributed by atoms with Gasteiger partial charge in [0.1, 0.15) is 22.1 Å². The first-order chi connectivity index (χ1) is 12.7. The van der Waals surface area contributed by atoms with Crippen molar-refractivity contribution in [3.05, 3.63) is 62.7 Å². The lowest BCUT2D eigenvalue weighted by atomic mass is 9.89. The molecule has 0 aliphatic carbocycles. The molecule has 1 heterocycles. The third kappa shape index (κ3) is 3.98. The molecule has 1 N–H and O–H groups in total. The van der Waals surface area contributed by atoms with Gasteiger partial charge >= 0.3 is 0 Å². The van der Waals surface area contributed by atoms with E-state index in [1.807, 2.05) is 19.9 Å². The Balaban J connectivity index is 1.90. The molecule has 0 aromatic heterocycles. The summed E-state index contributed by atoms with van der Waals surface area (Å²) in [4.78, 5) is 23.1. The number of nitrogens with one attached hydrogen (secondary N) is 1. The number of carbonyl (C=O) groups excluding carboxylic acids is 1. The highest BCUT2D eigenvalue weighted by Crippen LogP contribution is 2.41. The van der Waals surface area contributed by atoms with Crippen LogP contribution >= 0.6 is 11.6 Å². The number of hydrogen-bond acceptors (Lipinski definition) is 5. The van der Waals surface area contributed by atoms with Crippen molar-refractivity contribution in [1.29, 1.82) is 0 Å². The molecule has 1 aliphatic heterocycles. The first-order valence-electron chi connectivity index (χ1n) is 8.32. The zero-order valence-corrected chi connectivity index (χ0v) is 15.9. The SMILES string of the molecule is COc1ccc2c(c1)OC(C)(C)C[C@@H]2NC(=O)c1ccc(Cl)c([N+](=O)[O-])c1. The molecule has 3 rings (SSSR count). The molecule has 0 bridgehead atoms. The topological polar surface area (TPSA) is 90.7 Å². The Bertz CT molecular complexity index is 913. The number of benzene rings is 2. The molecular weight excluding hydrogens is 372 g/mol. The number of nitrogens with zero attached hydrogens (tertiary/aromatic N) is 1. The van der Waals surface area contributed by atoms with Gasteiger partial charge in [-0.25, -0.2) is 0 Å². The van der Waals surface area contributed by atoms with Crippen molar-refractivity contribution in [2.45, 2.75) is 31.9 Å². The second-order valence-electron chi connectivity index (χ2n) is 6.92. The van der Waals surface area contributed by atoms with Crippen LogP contribution < -0.4 is 14.8 Å². The van der Waals surface area contributed by atoms with E-state index in [1.54, 1.807) is 19.2 Å². The summed E-state index contributed by atoms with van der Waals surface area (Å²) in [5.74, 6) is 0.877. The van der Waals surface area contributed by atoms with Crippen molar-refractivity contribution in [2.24, 2.45) is 0 Å². The fraction of sp³-hybridized carbons (Fsp3) is 0.316. The zero-order chi connectivity index (χ0) is 19.8. The van der Waals surface area contributed by atoms with Crippen molar-refractivity contribution in [3.8, 4) is 11.5 Å². The van der Waals surface area contributed by atoms with Crippen LogP contribution in [0.5, 0.6) is 11.5 Å². The minimum atomic E-state index is -0.613. The molecule has 8 heteroatoms. The standard InChI is InChI=1S/C19H19ClN2O5/c1-19(2)10-15(13-6-5-12(26-3)9-17(13)27-19)21-18(23)11-4-7-14(20)16(8-11)22(24)25/h4-9,15H,10H2,1-3H3,(H,21,23)/t15-/m0/s1. The molecule has 0 spiro atoms. The summed E-state index contributed by atoms with van der Waals surface area (Å²) in [6, 6.07) is 9.10. The van der Waals surface area contributed by atoms with E-state index in [1.165, 1.54) is 18.2 Å². The Labute approximate surface area is 161 Å². The number of nitro benzene ring substituents is 1. The van der Waals surface area contributed by atoms with E-state index in [9.17, 15) is 14.9 Å². The summed E-state index contributed by atoms with van der Waals surface area (Å²) in [5, 5.41) is 14.0. The van der Waals surface area contributed by atoms with Crippen LogP contribution in [0.4, 0.5) is 5.69 Å². The minimum absolute atomic E-state index is 0.0128. The van der Waals surface area contributed by atoms with Gasteiger partial charge in [0, 0.05) is 29.7 Å². The minimum Gasteiger partial charge on any atom is -0.497 e. The first kappa shape index (κ1) is 19.0. The van der Waals surface area contributed by atoms with Gasteiger partial charge in [0.25, 0.3) is 11.6 Å². The van der Waals surface area contributed by atoms with Crippen LogP contribution in [0.2, 0.25) is 5.02 Å². The Morgan fingerprint density at radius 3 is 2.74 bits per heavy atom. The average molecular weight is 391 g/mol. The van der Waals surface area contributed by atoms with E-state index >= 15 is 0 Å². The van der Waals surface area contributed by atoms with Gasteiger partial charge in [0.05, 0.1) is 18.1 Å². The highest BCUT2D eigenvalue weighted by atomic mass is 35.5. The predicted octanol–water partition coefficient (Wildman–Crippen LogP) is 4.29. The lowest BCUT2D eigenvalue weighted by Crippen LogP contribution is -2.41. The molecule has 1 atom stereocenters. The molecule has 2 aromatic carbocycles. The number of rotatable bonds is 4. The van der Waals surface area contributed by atoms with Crippen LogP contribution in [0.25, 0.3) is 0 Å². The van der Waals surface area contributed by atoms with E-state index in [0.717, 1.165) is 5.56 Å². The summed E-state index contributed by atoms with van der Waals surface area (Å²) < 4.78 is 11.2. The molecule has 2 aromatic rings. The Hall–Kier alpha value is -2.80. The van der Waals surface area contributed by atoms with Crippen LogP contribution in [-0.2, 0) is 0 Å². The molecule has 1 aliphatic rings. The normalized spacial score (nSPS) is 17.4. The van der Waals surface area contributed by atoms with Gasteiger partial charge in [-0.15, -0.1) is 0 Å². The van der Waals surface area contributed by atoms with Gasteiger partial charge in [-0.2, -0.15) is 0 Å². The van der Waals surface area contributed by atoms with Crippen molar-refractivity contribution < 1.29 is 19.2 Å². The maximum atomic E-state index is 12.7. The number of fused-ring (bicyclic) bond motifs is 1. The molecule has 0 unspecified atom stereocenters. The molecule has 142 valence electrons. The number of nitro groups is 1. The van der Waals surface area contributed by atoms with Crippen molar-refractivity contribution >= 4 is 23.2 Å². The van der Waals surface area contributed by atoms with Crippen LogP contribution in [-0.4, -0.2) is 23.5 Å². The largest absolute Gasteiger partial charge is 0.497 e. The average Bonchev–Trinajstić information content (AvgIpc) is 2.60. The maximum Gasteiger partial charge on any atom is 0.288 e. The van der Waals surface area contributed by atoms with E-state index < -0.39 is 16.4 Å². The first-order valence-corrected chi connectivity index (χ1v) is 8.70. The van der Waals surface area contributed by atoms with Gasteiger partial charge in [-0.3, -0.25) is 14.9 Å². The van der Waals surface area contributed by atoms with Crippen LogP contribution in [0, 0.1) is 10.1 Å². The molecule has 0 radical (unpaired) electrons. The number of halogens is 1. The number of amides is 1. The summed E-state index contributed by atoms with van der Waals surface area (Å²) in [7, 11) is 1.57. The van der Waals surface area contributed by atoms with Crippen LogP contribution in [0.1, 0.15) is 42.2 Å². The fourth-order valence-electron chi connectivity index (χ4n) is 3.12. The Morgan fingerprint density at radius 1 is 1.33 bits per heavy atom. The lowest BCUT2D eigenvalue weighted by molar-refractivity contribution is -0.384. The third-order valence-corrected chi connectivity index (χ3v) is 4.71. The molecule has 7 nitrogen and oxygen atoms in total.